The first-order valence-corrected chi connectivity index (χ1v) is 13.1. The topological polar surface area (TPSA) is 76.8 Å². The number of carbonyl (C=O) groups excluding carboxylic acids is 1. The van der Waals surface area contributed by atoms with Crippen LogP contribution in [-0.2, 0) is 29.4 Å². The summed E-state index contributed by atoms with van der Waals surface area (Å²) in [5, 5.41) is 0.551. The van der Waals surface area contributed by atoms with Crippen molar-refractivity contribution in [2.75, 3.05) is 0 Å². The maximum atomic E-state index is 13.3. The third-order valence-corrected chi connectivity index (χ3v) is 7.12. The third kappa shape index (κ3) is 6.69. The molecule has 0 bridgehead atoms. The highest BCUT2D eigenvalue weighted by molar-refractivity contribution is 7.87. The van der Waals surface area contributed by atoms with Gasteiger partial charge in [-0.25, -0.2) is 0 Å². The molecule has 0 unspecified atom stereocenters. The minimum absolute atomic E-state index is 0.0964. The Balaban J connectivity index is 1.53. The number of alkyl halides is 3. The van der Waals surface area contributed by atoms with Crippen molar-refractivity contribution in [2.24, 2.45) is 0 Å². The summed E-state index contributed by atoms with van der Waals surface area (Å²) < 4.78 is 74.4. The van der Waals surface area contributed by atoms with Gasteiger partial charge in [-0.15, -0.1) is 0 Å². The first-order valence-electron chi connectivity index (χ1n) is 10.9. The largest absolute Gasteiger partial charge is 0.467 e. The lowest BCUT2D eigenvalue weighted by molar-refractivity contribution is -0.137. The van der Waals surface area contributed by atoms with Crippen molar-refractivity contribution in [1.29, 1.82) is 0 Å². The molecule has 198 valence electrons. The van der Waals surface area contributed by atoms with Gasteiger partial charge in [0.15, 0.2) is 0 Å². The smallest absolute Gasteiger partial charge is 0.416 e. The van der Waals surface area contributed by atoms with Crippen molar-refractivity contribution < 1.29 is 35.0 Å². The molecule has 0 saturated heterocycles. The zero-order valence-corrected chi connectivity index (χ0v) is 21.6. The van der Waals surface area contributed by atoms with Gasteiger partial charge in [0.1, 0.15) is 16.4 Å². The van der Waals surface area contributed by atoms with Crippen LogP contribution in [0, 0.1) is 0 Å². The van der Waals surface area contributed by atoms with Crippen LogP contribution in [0.3, 0.4) is 0 Å². The van der Waals surface area contributed by atoms with E-state index in [9.17, 15) is 26.4 Å². The summed E-state index contributed by atoms with van der Waals surface area (Å²) in [7, 11) is -4.53. The number of furan rings is 1. The lowest BCUT2D eigenvalue weighted by Gasteiger charge is -2.23. The second-order valence-corrected chi connectivity index (χ2v) is 10.5. The van der Waals surface area contributed by atoms with Crippen LogP contribution < -0.4 is 4.18 Å². The number of carbonyl (C=O) groups is 1. The molecular formula is C26H18Cl2F3NO5S. The Morgan fingerprint density at radius 1 is 0.921 bits per heavy atom. The minimum atomic E-state index is -4.71. The van der Waals surface area contributed by atoms with Gasteiger partial charge in [0.25, 0.3) is 5.91 Å². The van der Waals surface area contributed by atoms with E-state index < -0.39 is 32.7 Å². The van der Waals surface area contributed by atoms with E-state index in [1.165, 1.54) is 47.6 Å². The quantitative estimate of drug-likeness (QED) is 0.205. The van der Waals surface area contributed by atoms with E-state index in [4.69, 9.17) is 31.8 Å². The average Bonchev–Trinajstić information content (AvgIpc) is 3.37. The molecule has 12 heteroatoms. The highest BCUT2D eigenvalue weighted by Gasteiger charge is 2.32. The molecule has 1 amide bonds. The van der Waals surface area contributed by atoms with Crippen LogP contribution in [0.15, 0.2) is 94.4 Å². The van der Waals surface area contributed by atoms with E-state index in [1.54, 1.807) is 18.2 Å². The summed E-state index contributed by atoms with van der Waals surface area (Å²) in [5.74, 6) is 0.0157. The second kappa shape index (κ2) is 11.1. The van der Waals surface area contributed by atoms with E-state index in [-0.39, 0.29) is 29.4 Å². The summed E-state index contributed by atoms with van der Waals surface area (Å²) in [6.07, 6.45) is -3.23. The molecule has 0 fully saturated rings. The van der Waals surface area contributed by atoms with Crippen LogP contribution in [-0.4, -0.2) is 19.2 Å². The summed E-state index contributed by atoms with van der Waals surface area (Å²) in [6, 6.07) is 16.9. The number of rotatable bonds is 8. The van der Waals surface area contributed by atoms with Crippen LogP contribution in [0.25, 0.3) is 0 Å². The lowest BCUT2D eigenvalue weighted by Crippen LogP contribution is -2.30. The van der Waals surface area contributed by atoms with Crippen molar-refractivity contribution in [3.05, 3.63) is 118 Å². The zero-order valence-electron chi connectivity index (χ0n) is 19.3. The van der Waals surface area contributed by atoms with Crippen molar-refractivity contribution in [1.82, 2.24) is 4.90 Å². The van der Waals surface area contributed by atoms with Gasteiger partial charge in [-0.2, -0.15) is 21.6 Å². The fourth-order valence-corrected chi connectivity index (χ4v) is 4.96. The number of amides is 1. The minimum Gasteiger partial charge on any atom is -0.467 e. The van der Waals surface area contributed by atoms with Crippen LogP contribution in [0.2, 0.25) is 10.0 Å². The molecule has 38 heavy (non-hydrogen) atoms. The van der Waals surface area contributed by atoms with Gasteiger partial charge in [-0.1, -0.05) is 41.4 Å². The van der Waals surface area contributed by atoms with Crippen molar-refractivity contribution in [3.8, 4) is 5.75 Å². The highest BCUT2D eigenvalue weighted by atomic mass is 35.5. The summed E-state index contributed by atoms with van der Waals surface area (Å²) in [6.45, 7) is 0.214. The fraction of sp³-hybridized carbons (Fsp3) is 0.115. The molecule has 1 heterocycles. The summed E-state index contributed by atoms with van der Waals surface area (Å²) in [5.41, 5.74) is -0.270. The van der Waals surface area contributed by atoms with Crippen LogP contribution in [0.4, 0.5) is 13.2 Å². The van der Waals surface area contributed by atoms with Crippen LogP contribution in [0.1, 0.15) is 27.2 Å². The molecular weight excluding hydrogens is 566 g/mol. The Morgan fingerprint density at radius 3 is 2.29 bits per heavy atom. The number of hydrogen-bond donors (Lipinski definition) is 0. The van der Waals surface area contributed by atoms with Gasteiger partial charge in [-0.05, 0) is 66.2 Å². The average molecular weight is 584 g/mol. The van der Waals surface area contributed by atoms with E-state index in [2.05, 4.69) is 0 Å². The fourth-order valence-electron chi connectivity index (χ4n) is 3.50. The molecule has 0 spiro atoms. The predicted octanol–water partition coefficient (Wildman–Crippen LogP) is 7.22. The van der Waals surface area contributed by atoms with Gasteiger partial charge in [0, 0.05) is 11.6 Å². The second-order valence-electron chi connectivity index (χ2n) is 8.07. The normalized spacial score (nSPS) is 11.8. The first-order chi connectivity index (χ1) is 17.9. The maximum Gasteiger partial charge on any atom is 0.416 e. The molecule has 0 atom stereocenters. The maximum absolute atomic E-state index is 13.3. The van der Waals surface area contributed by atoms with Crippen LogP contribution >= 0.6 is 23.2 Å². The van der Waals surface area contributed by atoms with E-state index >= 15 is 0 Å². The number of benzene rings is 3. The van der Waals surface area contributed by atoms with Crippen molar-refractivity contribution >= 4 is 39.2 Å². The summed E-state index contributed by atoms with van der Waals surface area (Å²) in [4.78, 5) is 14.1. The molecule has 4 rings (SSSR count). The molecule has 3 aromatic carbocycles. The molecule has 4 aromatic rings. The van der Waals surface area contributed by atoms with Crippen molar-refractivity contribution in [2.45, 2.75) is 24.2 Å². The summed E-state index contributed by atoms with van der Waals surface area (Å²) >= 11 is 12.2. The molecule has 0 radical (unpaired) electrons. The van der Waals surface area contributed by atoms with E-state index in [0.717, 1.165) is 18.2 Å². The Morgan fingerprint density at radius 2 is 1.66 bits per heavy atom. The molecule has 0 N–H and O–H groups in total. The standard InChI is InChI=1S/C26H18Cl2F3NO5S/c27-19-8-11-23(24(28)14-19)25(33)32(16-21-4-2-12-36-21)15-17-6-9-20(10-7-17)37-38(34,35)22-5-1-3-18(13-22)26(29,30)31/h1-14H,15-16H2. The third-order valence-electron chi connectivity index (χ3n) is 5.33. The number of hydrogen-bond acceptors (Lipinski definition) is 5. The van der Waals surface area contributed by atoms with Gasteiger partial charge >= 0.3 is 16.3 Å². The van der Waals surface area contributed by atoms with Gasteiger partial charge < -0.3 is 13.5 Å². The Bertz CT molecular complexity index is 1540. The van der Waals surface area contributed by atoms with Crippen LogP contribution in [0.5, 0.6) is 5.75 Å². The van der Waals surface area contributed by atoms with Gasteiger partial charge in [0.05, 0.1) is 29.0 Å². The number of halogens is 5. The first kappa shape index (κ1) is 27.6. The van der Waals surface area contributed by atoms with Crippen molar-refractivity contribution in [3.63, 3.8) is 0 Å². The molecule has 0 aliphatic heterocycles. The molecule has 0 aliphatic carbocycles. The lowest BCUT2D eigenvalue weighted by atomic mass is 10.1. The monoisotopic (exact) mass is 583 g/mol. The number of nitrogens with zero attached hydrogens (tertiary/aromatic N) is 1. The van der Waals surface area contributed by atoms with Gasteiger partial charge in [-0.3, -0.25) is 4.79 Å². The molecule has 0 aliphatic rings. The Hall–Kier alpha value is -3.47. The Labute approximate surface area is 226 Å². The van der Waals surface area contributed by atoms with Gasteiger partial charge in [0.2, 0.25) is 0 Å². The molecule has 0 saturated carbocycles. The van der Waals surface area contributed by atoms with E-state index in [1.807, 2.05) is 0 Å². The predicted molar refractivity (Wildman–Crippen MR) is 134 cm³/mol. The van der Waals surface area contributed by atoms with E-state index in [0.29, 0.717) is 22.4 Å². The highest BCUT2D eigenvalue weighted by Crippen LogP contribution is 2.31. The SMILES string of the molecule is O=C(c1ccc(Cl)cc1Cl)N(Cc1ccc(OS(=O)(=O)c2cccc(C(F)(F)F)c2)cc1)Cc1ccco1. The zero-order chi connectivity index (χ0) is 27.5. The Kier molecular flexibility index (Phi) is 8.05. The molecule has 1 aromatic heterocycles. The molecule has 6 nitrogen and oxygen atoms in total.